The zero-order valence-electron chi connectivity index (χ0n) is 16.4. The number of hydrogen-bond acceptors (Lipinski definition) is 5. The first kappa shape index (κ1) is 21.4. The van der Waals surface area contributed by atoms with Crippen molar-refractivity contribution in [3.05, 3.63) is 0 Å². The predicted molar refractivity (Wildman–Crippen MR) is 96.5 cm³/mol. The molecule has 0 aromatic rings. The lowest BCUT2D eigenvalue weighted by molar-refractivity contribution is 0.00978. The third-order valence-electron chi connectivity index (χ3n) is 4.89. The molecular formula is C17H35NO5Si. The molecule has 0 bridgehead atoms. The maximum atomic E-state index is 12.3. The topological polar surface area (TPSA) is 79.2 Å². The molecule has 1 heterocycles. The first-order chi connectivity index (χ1) is 10.7. The fraction of sp³-hybridized carbons (Fsp3) is 0.941. The van der Waals surface area contributed by atoms with Crippen LogP contribution in [-0.2, 0) is 9.16 Å². The summed E-state index contributed by atoms with van der Waals surface area (Å²) >= 11 is 0. The highest BCUT2D eigenvalue weighted by molar-refractivity contribution is 6.74. The van der Waals surface area contributed by atoms with Gasteiger partial charge in [0, 0.05) is 19.0 Å². The van der Waals surface area contributed by atoms with Crippen molar-refractivity contribution in [1.82, 2.24) is 4.90 Å². The van der Waals surface area contributed by atoms with E-state index in [-0.39, 0.29) is 23.7 Å². The molecule has 1 amide bonds. The Hall–Kier alpha value is -0.633. The molecule has 0 radical (unpaired) electrons. The van der Waals surface area contributed by atoms with Crippen molar-refractivity contribution < 1.29 is 24.2 Å². The molecule has 1 rings (SSSR count). The van der Waals surface area contributed by atoms with Crippen LogP contribution in [0.3, 0.4) is 0 Å². The second-order valence-electron chi connectivity index (χ2n) is 9.22. The Labute approximate surface area is 147 Å². The van der Waals surface area contributed by atoms with Gasteiger partial charge in [0.2, 0.25) is 0 Å². The van der Waals surface area contributed by atoms with Crippen LogP contribution in [0.4, 0.5) is 4.79 Å². The number of carbonyl (C=O) groups is 1. The number of rotatable bonds is 4. The third-order valence-corrected chi connectivity index (χ3v) is 9.40. The number of nitrogens with zero attached hydrogens (tertiary/aromatic N) is 1. The molecule has 24 heavy (non-hydrogen) atoms. The van der Waals surface area contributed by atoms with Gasteiger partial charge in [0.15, 0.2) is 8.32 Å². The van der Waals surface area contributed by atoms with E-state index in [9.17, 15) is 15.0 Å². The highest BCUT2D eigenvalue weighted by atomic mass is 28.4. The Kier molecular flexibility index (Phi) is 6.52. The van der Waals surface area contributed by atoms with E-state index in [2.05, 4.69) is 33.9 Å². The van der Waals surface area contributed by atoms with Crippen molar-refractivity contribution in [2.45, 2.75) is 77.5 Å². The molecule has 0 aromatic carbocycles. The fourth-order valence-corrected chi connectivity index (χ4v) is 3.82. The normalized spacial score (nSPS) is 24.2. The minimum absolute atomic E-state index is 0.0288. The Morgan fingerprint density at radius 3 is 2.17 bits per heavy atom. The molecule has 1 unspecified atom stereocenters. The molecule has 1 aliphatic rings. The zero-order valence-corrected chi connectivity index (χ0v) is 17.4. The number of likely N-dealkylation sites (tertiary alicyclic amines) is 1. The average Bonchev–Trinajstić information content (AvgIpc) is 2.77. The predicted octanol–water partition coefficient (Wildman–Crippen LogP) is 2.60. The zero-order chi connectivity index (χ0) is 18.9. The summed E-state index contributed by atoms with van der Waals surface area (Å²) in [5.74, 6) is -0.309. The number of aliphatic hydroxyl groups excluding tert-OH is 2. The molecule has 6 nitrogen and oxygen atoms in total. The van der Waals surface area contributed by atoms with Crippen molar-refractivity contribution in [3.63, 3.8) is 0 Å². The summed E-state index contributed by atoms with van der Waals surface area (Å²) in [7, 11) is -2.05. The lowest BCUT2D eigenvalue weighted by Crippen LogP contribution is -2.48. The molecule has 3 atom stereocenters. The molecular weight excluding hydrogens is 326 g/mol. The second kappa shape index (κ2) is 7.31. The van der Waals surface area contributed by atoms with E-state index in [0.717, 1.165) is 0 Å². The van der Waals surface area contributed by atoms with Crippen LogP contribution in [0, 0.1) is 5.92 Å². The summed E-state index contributed by atoms with van der Waals surface area (Å²) < 4.78 is 11.9. The summed E-state index contributed by atoms with van der Waals surface area (Å²) in [6.07, 6.45) is -1.60. The van der Waals surface area contributed by atoms with Crippen LogP contribution >= 0.6 is 0 Å². The van der Waals surface area contributed by atoms with Gasteiger partial charge in [0.25, 0.3) is 0 Å². The Morgan fingerprint density at radius 2 is 1.75 bits per heavy atom. The van der Waals surface area contributed by atoms with Crippen molar-refractivity contribution in [2.75, 3.05) is 19.7 Å². The molecule has 1 saturated heterocycles. The van der Waals surface area contributed by atoms with Crippen LogP contribution in [0.25, 0.3) is 0 Å². The van der Waals surface area contributed by atoms with Gasteiger partial charge < -0.3 is 24.3 Å². The van der Waals surface area contributed by atoms with Crippen molar-refractivity contribution >= 4 is 14.4 Å². The largest absolute Gasteiger partial charge is 0.444 e. The van der Waals surface area contributed by atoms with Crippen molar-refractivity contribution in [1.29, 1.82) is 0 Å². The van der Waals surface area contributed by atoms with E-state index < -0.39 is 26.1 Å². The summed E-state index contributed by atoms with van der Waals surface area (Å²) in [6.45, 7) is 16.6. The third kappa shape index (κ3) is 5.44. The van der Waals surface area contributed by atoms with Crippen LogP contribution in [0.15, 0.2) is 0 Å². The summed E-state index contributed by atoms with van der Waals surface area (Å²) in [5.41, 5.74) is -0.569. The van der Waals surface area contributed by atoms with Crippen LogP contribution < -0.4 is 0 Å². The van der Waals surface area contributed by atoms with Gasteiger partial charge in [-0.3, -0.25) is 0 Å². The van der Waals surface area contributed by atoms with Gasteiger partial charge >= 0.3 is 6.09 Å². The summed E-state index contributed by atoms with van der Waals surface area (Å²) in [4.78, 5) is 13.9. The minimum atomic E-state index is -2.05. The van der Waals surface area contributed by atoms with E-state index >= 15 is 0 Å². The summed E-state index contributed by atoms with van der Waals surface area (Å²) in [6, 6.07) is 0. The number of hydrogen-bond donors (Lipinski definition) is 2. The Balaban J connectivity index is 2.91. The van der Waals surface area contributed by atoms with Gasteiger partial charge in [-0.1, -0.05) is 20.8 Å². The molecule has 0 aromatic heterocycles. The molecule has 0 spiro atoms. The number of aliphatic hydroxyl groups is 2. The molecule has 0 saturated carbocycles. The Morgan fingerprint density at radius 1 is 1.21 bits per heavy atom. The smallest absolute Gasteiger partial charge is 0.410 e. The number of amides is 1. The van der Waals surface area contributed by atoms with Gasteiger partial charge in [-0.15, -0.1) is 0 Å². The van der Waals surface area contributed by atoms with Crippen LogP contribution in [-0.4, -0.2) is 67.0 Å². The highest BCUT2D eigenvalue weighted by Crippen LogP contribution is 2.39. The van der Waals surface area contributed by atoms with E-state index in [1.54, 1.807) is 4.90 Å². The lowest BCUT2D eigenvalue weighted by atomic mass is 10.00. The molecule has 0 aliphatic carbocycles. The SMILES string of the molecule is CC(C)(C)OC(=O)N1C[C@@H](O[Si](C)(C)C(C)(C)C)[C@H](C(O)CO)C1. The van der Waals surface area contributed by atoms with Crippen LogP contribution in [0.5, 0.6) is 0 Å². The maximum absolute atomic E-state index is 12.3. The molecule has 1 fully saturated rings. The standard InChI is InChI=1S/C17H35NO5Si/c1-16(2,3)22-15(21)18-9-12(13(20)11-19)14(10-18)23-24(7,8)17(4,5)6/h12-14,19-20H,9-11H2,1-8H3/t12-,13?,14+/m0/s1. The monoisotopic (exact) mass is 361 g/mol. The first-order valence-electron chi connectivity index (χ1n) is 8.62. The maximum Gasteiger partial charge on any atom is 0.410 e. The van der Waals surface area contributed by atoms with E-state index in [1.165, 1.54) is 0 Å². The molecule has 7 heteroatoms. The number of carbonyl (C=O) groups excluding carboxylic acids is 1. The number of ether oxygens (including phenoxy) is 1. The van der Waals surface area contributed by atoms with Gasteiger partial charge in [-0.25, -0.2) is 4.79 Å². The lowest BCUT2D eigenvalue weighted by Gasteiger charge is -2.40. The fourth-order valence-electron chi connectivity index (χ4n) is 2.46. The van der Waals surface area contributed by atoms with E-state index in [0.29, 0.717) is 13.1 Å². The van der Waals surface area contributed by atoms with Gasteiger partial charge in [0.05, 0.1) is 18.8 Å². The van der Waals surface area contributed by atoms with Crippen LogP contribution in [0.1, 0.15) is 41.5 Å². The highest BCUT2D eigenvalue weighted by Gasteiger charge is 2.46. The Bertz CT molecular complexity index is 441. The molecule has 142 valence electrons. The van der Waals surface area contributed by atoms with E-state index in [1.807, 2.05) is 20.8 Å². The van der Waals surface area contributed by atoms with Crippen molar-refractivity contribution in [2.24, 2.45) is 5.92 Å². The van der Waals surface area contributed by atoms with Crippen LogP contribution in [0.2, 0.25) is 18.1 Å². The average molecular weight is 362 g/mol. The van der Waals surface area contributed by atoms with Crippen molar-refractivity contribution in [3.8, 4) is 0 Å². The minimum Gasteiger partial charge on any atom is -0.444 e. The molecule has 2 N–H and O–H groups in total. The van der Waals surface area contributed by atoms with Gasteiger partial charge in [0.1, 0.15) is 5.60 Å². The quantitative estimate of drug-likeness (QED) is 0.753. The summed E-state index contributed by atoms with van der Waals surface area (Å²) in [5, 5.41) is 19.5. The van der Waals surface area contributed by atoms with Gasteiger partial charge in [-0.2, -0.15) is 0 Å². The van der Waals surface area contributed by atoms with E-state index in [4.69, 9.17) is 9.16 Å². The second-order valence-corrected chi connectivity index (χ2v) is 14.0. The van der Waals surface area contributed by atoms with Gasteiger partial charge in [-0.05, 0) is 38.9 Å². The first-order valence-corrected chi connectivity index (χ1v) is 11.5. The molecule has 1 aliphatic heterocycles.